The lowest BCUT2D eigenvalue weighted by Crippen LogP contribution is -2.67. The largest absolute Gasteiger partial charge is 0.463 e. The van der Waals surface area contributed by atoms with Crippen molar-refractivity contribution in [2.45, 2.75) is 70.7 Å². The van der Waals surface area contributed by atoms with Crippen LogP contribution in [0.15, 0.2) is 18.2 Å². The van der Waals surface area contributed by atoms with Crippen molar-refractivity contribution in [1.82, 2.24) is 5.32 Å². The second kappa shape index (κ2) is 11.9. The third-order valence-corrected chi connectivity index (χ3v) is 4.88. The monoisotopic (exact) mass is 559 g/mol. The van der Waals surface area contributed by atoms with E-state index in [1.807, 2.05) is 0 Å². The summed E-state index contributed by atoms with van der Waals surface area (Å²) in [5.74, 6) is -4.48. The summed E-state index contributed by atoms with van der Waals surface area (Å²) in [5, 5.41) is 2.28. The lowest BCUT2D eigenvalue weighted by atomic mass is 9.96. The van der Waals surface area contributed by atoms with E-state index in [0.717, 1.165) is 27.7 Å². The topological polar surface area (TPSA) is 126 Å². The van der Waals surface area contributed by atoms with Gasteiger partial charge >= 0.3 is 30.3 Å². The first-order valence-corrected chi connectivity index (χ1v) is 10.7. The van der Waals surface area contributed by atoms with Crippen molar-refractivity contribution in [2.75, 3.05) is 6.61 Å². The van der Waals surface area contributed by atoms with E-state index >= 15 is 0 Å². The maximum atomic E-state index is 13.3. The summed E-state index contributed by atoms with van der Waals surface area (Å²) in [6.07, 6.45) is -17.0. The Bertz CT molecular complexity index is 1030. The number of nitrogens with one attached hydrogen (secondary N) is 1. The molecule has 5 atom stereocenters. The molecule has 10 nitrogen and oxygen atoms in total. The minimum atomic E-state index is -5.19. The van der Waals surface area contributed by atoms with E-state index in [-0.39, 0.29) is 18.2 Å². The molecule has 1 amide bonds. The van der Waals surface area contributed by atoms with Crippen LogP contribution in [0.4, 0.5) is 26.3 Å². The van der Waals surface area contributed by atoms with Gasteiger partial charge < -0.3 is 29.0 Å². The van der Waals surface area contributed by atoms with Crippen LogP contribution in [-0.4, -0.2) is 61.1 Å². The molecule has 0 aromatic heterocycles. The molecule has 5 unspecified atom stereocenters. The number of rotatable bonds is 7. The lowest BCUT2D eigenvalue weighted by molar-refractivity contribution is -0.257. The van der Waals surface area contributed by atoms with Gasteiger partial charge in [-0.2, -0.15) is 26.3 Å². The second-order valence-corrected chi connectivity index (χ2v) is 8.08. The fraction of sp³-hybridized carbons (Fsp3) is 0.545. The number of esters is 3. The molecular weight excluding hydrogens is 536 g/mol. The number of benzene rings is 1. The number of ether oxygens (including phenoxy) is 5. The molecule has 1 fully saturated rings. The van der Waals surface area contributed by atoms with Gasteiger partial charge in [0, 0.05) is 27.7 Å². The van der Waals surface area contributed by atoms with Crippen LogP contribution in [0.1, 0.15) is 38.8 Å². The number of hydrogen-bond donors (Lipinski definition) is 1. The Morgan fingerprint density at radius 3 is 1.74 bits per heavy atom. The van der Waals surface area contributed by atoms with Crippen LogP contribution in [0, 0.1) is 0 Å². The number of halogens is 6. The number of amides is 1. The number of carbonyl (C=O) groups excluding carboxylic acids is 4. The highest BCUT2D eigenvalue weighted by Gasteiger charge is 2.52. The predicted molar refractivity (Wildman–Crippen MR) is 111 cm³/mol. The van der Waals surface area contributed by atoms with Crippen molar-refractivity contribution in [3.63, 3.8) is 0 Å². The third-order valence-electron chi connectivity index (χ3n) is 4.88. The first-order valence-electron chi connectivity index (χ1n) is 10.7. The Morgan fingerprint density at radius 2 is 1.32 bits per heavy atom. The molecule has 16 heteroatoms. The normalized spacial score (nSPS) is 23.7. The van der Waals surface area contributed by atoms with E-state index in [1.54, 1.807) is 0 Å². The predicted octanol–water partition coefficient (Wildman–Crippen LogP) is 2.76. The first-order chi connectivity index (χ1) is 17.4. The molecule has 212 valence electrons. The highest BCUT2D eigenvalue weighted by molar-refractivity contribution is 5.73. The molecule has 0 spiro atoms. The zero-order valence-electron chi connectivity index (χ0n) is 20.3. The van der Waals surface area contributed by atoms with Gasteiger partial charge in [-0.25, -0.2) is 0 Å². The highest BCUT2D eigenvalue weighted by atomic mass is 19.4. The standard InChI is InChI=1S/C22H23F6NO9/c1-9(30)29-17-19(36-12(4)33)18(35-11(3)32)16(8-34-10(2)31)38-20(17)37-15-6-13(21(23,24)25)5-14(7-15)22(26,27)28/h5-7,16-20H,8H2,1-4H3,(H,29,30). The summed E-state index contributed by atoms with van der Waals surface area (Å²) < 4.78 is 106. The quantitative estimate of drug-likeness (QED) is 0.305. The molecule has 0 saturated carbocycles. The number of alkyl halides is 6. The van der Waals surface area contributed by atoms with Crippen LogP contribution in [-0.2, 0) is 50.5 Å². The average molecular weight is 559 g/mol. The molecule has 0 bridgehead atoms. The van der Waals surface area contributed by atoms with Gasteiger partial charge in [0.25, 0.3) is 0 Å². The van der Waals surface area contributed by atoms with Gasteiger partial charge in [-0.3, -0.25) is 19.2 Å². The van der Waals surface area contributed by atoms with Crippen LogP contribution in [0.2, 0.25) is 0 Å². The summed E-state index contributed by atoms with van der Waals surface area (Å²) in [6.45, 7) is 3.28. The van der Waals surface area contributed by atoms with E-state index in [9.17, 15) is 45.5 Å². The smallest absolute Gasteiger partial charge is 0.416 e. The zero-order valence-corrected chi connectivity index (χ0v) is 20.3. The van der Waals surface area contributed by atoms with Gasteiger partial charge in [-0.1, -0.05) is 0 Å². The van der Waals surface area contributed by atoms with Crippen molar-refractivity contribution < 1.29 is 69.2 Å². The minimum Gasteiger partial charge on any atom is -0.463 e. The summed E-state index contributed by atoms with van der Waals surface area (Å²) >= 11 is 0. The van der Waals surface area contributed by atoms with Gasteiger partial charge in [0.2, 0.25) is 12.2 Å². The van der Waals surface area contributed by atoms with E-state index in [2.05, 4.69) is 5.32 Å². The molecule has 1 aliphatic heterocycles. The molecule has 0 aliphatic carbocycles. The Balaban J connectivity index is 2.62. The first kappa shape index (κ1) is 30.7. The summed E-state index contributed by atoms with van der Waals surface area (Å²) in [5.41, 5.74) is -3.39. The Labute approximate surface area is 211 Å². The molecule has 1 aromatic rings. The van der Waals surface area contributed by atoms with Crippen molar-refractivity contribution >= 4 is 23.8 Å². The summed E-state index contributed by atoms with van der Waals surface area (Å²) in [7, 11) is 0. The molecule has 1 aliphatic rings. The van der Waals surface area contributed by atoms with Crippen LogP contribution in [0.3, 0.4) is 0 Å². The van der Waals surface area contributed by atoms with Gasteiger partial charge in [-0.05, 0) is 18.2 Å². The van der Waals surface area contributed by atoms with Crippen molar-refractivity contribution in [2.24, 2.45) is 0 Å². The zero-order chi connectivity index (χ0) is 29.0. The van der Waals surface area contributed by atoms with Crippen molar-refractivity contribution in [3.8, 4) is 5.75 Å². The maximum Gasteiger partial charge on any atom is 0.416 e. The molecule has 1 saturated heterocycles. The molecule has 1 N–H and O–H groups in total. The lowest BCUT2D eigenvalue weighted by Gasteiger charge is -2.44. The van der Waals surface area contributed by atoms with E-state index in [4.69, 9.17) is 23.7 Å². The number of hydrogen-bond acceptors (Lipinski definition) is 9. The van der Waals surface area contributed by atoms with Gasteiger partial charge in [0.15, 0.2) is 12.2 Å². The molecule has 2 rings (SSSR count). The van der Waals surface area contributed by atoms with E-state index in [0.29, 0.717) is 0 Å². The summed E-state index contributed by atoms with van der Waals surface area (Å²) in [6, 6.07) is -1.20. The number of carbonyl (C=O) groups is 4. The van der Waals surface area contributed by atoms with Crippen LogP contribution >= 0.6 is 0 Å². The molecular formula is C22H23F6NO9. The highest BCUT2D eigenvalue weighted by Crippen LogP contribution is 2.39. The average Bonchev–Trinajstić information content (AvgIpc) is 2.74. The Kier molecular flexibility index (Phi) is 9.58. The fourth-order valence-corrected chi connectivity index (χ4v) is 3.52. The second-order valence-electron chi connectivity index (χ2n) is 8.08. The van der Waals surface area contributed by atoms with E-state index < -0.39 is 90.3 Å². The maximum absolute atomic E-state index is 13.3. The third kappa shape index (κ3) is 8.49. The van der Waals surface area contributed by atoms with Crippen LogP contribution < -0.4 is 10.1 Å². The molecule has 1 aromatic carbocycles. The van der Waals surface area contributed by atoms with Crippen molar-refractivity contribution in [1.29, 1.82) is 0 Å². The van der Waals surface area contributed by atoms with Crippen LogP contribution in [0.25, 0.3) is 0 Å². The Morgan fingerprint density at radius 1 is 0.816 bits per heavy atom. The molecule has 38 heavy (non-hydrogen) atoms. The summed E-state index contributed by atoms with van der Waals surface area (Å²) in [4.78, 5) is 46.8. The molecule has 0 radical (unpaired) electrons. The van der Waals surface area contributed by atoms with Gasteiger partial charge in [0.1, 0.15) is 24.5 Å². The Hall–Kier alpha value is -3.56. The fourth-order valence-electron chi connectivity index (χ4n) is 3.52. The minimum absolute atomic E-state index is 0.123. The molecule has 1 heterocycles. The van der Waals surface area contributed by atoms with Crippen LogP contribution in [0.5, 0.6) is 5.75 Å². The van der Waals surface area contributed by atoms with Gasteiger partial charge in [0.05, 0.1) is 11.1 Å². The van der Waals surface area contributed by atoms with Gasteiger partial charge in [-0.15, -0.1) is 0 Å². The van der Waals surface area contributed by atoms with Crippen molar-refractivity contribution in [3.05, 3.63) is 29.3 Å². The van der Waals surface area contributed by atoms with E-state index in [1.165, 1.54) is 0 Å². The SMILES string of the molecule is CC(=O)NC1C(Oc2cc(C(F)(F)F)cc(C(F)(F)F)c2)OC(COC(C)=O)C(OC(C)=O)C1OC(C)=O.